The van der Waals surface area contributed by atoms with Crippen molar-refractivity contribution in [2.45, 2.75) is 6.92 Å². The van der Waals surface area contributed by atoms with E-state index in [1.807, 2.05) is 13.0 Å². The van der Waals surface area contributed by atoms with Crippen LogP contribution in [0.4, 0.5) is 10.7 Å². The molecule has 96 valence electrons. The smallest absolute Gasteiger partial charge is 0.265 e. The average Bonchev–Trinajstić information content (AvgIpc) is 2.61. The molecule has 0 bridgehead atoms. The van der Waals surface area contributed by atoms with Gasteiger partial charge in [0.15, 0.2) is 0 Å². The van der Waals surface area contributed by atoms with Crippen molar-refractivity contribution in [3.05, 3.63) is 22.6 Å². The maximum absolute atomic E-state index is 11.9. The molecule has 0 saturated carbocycles. The lowest BCUT2D eigenvalue weighted by molar-refractivity contribution is 0.0833. The Balaban J connectivity index is 3.14. The highest BCUT2D eigenvalue weighted by molar-refractivity contribution is 7.18. The number of carbonyl (C=O) groups excluding carboxylic acids is 1. The van der Waals surface area contributed by atoms with Gasteiger partial charge in [0.1, 0.15) is 21.5 Å². The molecular weight excluding hydrogens is 248 g/mol. The Morgan fingerprint density at radius 2 is 2.22 bits per heavy atom. The van der Waals surface area contributed by atoms with Crippen molar-refractivity contribution in [3.63, 3.8) is 0 Å². The molecular formula is C12H16N4OS. The number of hydrogen-bond donors (Lipinski definition) is 2. The number of nitrogens with two attached hydrogens (primary N) is 1. The largest absolute Gasteiger partial charge is 0.396 e. The molecule has 1 heterocycles. The minimum Gasteiger partial charge on any atom is -0.396 e. The van der Waals surface area contributed by atoms with Crippen LogP contribution < -0.4 is 11.1 Å². The summed E-state index contributed by atoms with van der Waals surface area (Å²) in [7, 11) is 3.29. The summed E-state index contributed by atoms with van der Waals surface area (Å²) in [5.74, 6) is -0.197. The van der Waals surface area contributed by atoms with Crippen LogP contribution in [0, 0.1) is 11.3 Å². The lowest BCUT2D eigenvalue weighted by Gasteiger charge is -2.08. The Morgan fingerprint density at radius 1 is 1.61 bits per heavy atom. The predicted octanol–water partition coefficient (Wildman–Crippen LogP) is 1.89. The Labute approximate surface area is 111 Å². The topological polar surface area (TPSA) is 82.2 Å². The van der Waals surface area contributed by atoms with Gasteiger partial charge in [-0.1, -0.05) is 12.2 Å². The minimum atomic E-state index is -0.197. The van der Waals surface area contributed by atoms with Crippen LogP contribution in [-0.4, -0.2) is 31.4 Å². The summed E-state index contributed by atoms with van der Waals surface area (Å²) in [6.07, 6.45) is 0. The Morgan fingerprint density at radius 3 is 2.67 bits per heavy atom. The third kappa shape index (κ3) is 2.81. The van der Waals surface area contributed by atoms with Gasteiger partial charge in [-0.25, -0.2) is 0 Å². The Hall–Kier alpha value is -2.00. The molecule has 0 aliphatic heterocycles. The fourth-order valence-electron chi connectivity index (χ4n) is 1.27. The fraction of sp³-hybridized carbons (Fsp3) is 0.333. The SMILES string of the molecule is C=C(C)CNc1sc(C(=O)N(C)C)c(N)c1C#N. The number of nitrogens with one attached hydrogen (secondary N) is 1. The Bertz CT molecular complexity index is 525. The summed E-state index contributed by atoms with van der Waals surface area (Å²) in [5.41, 5.74) is 7.34. The van der Waals surface area contributed by atoms with Crippen molar-refractivity contribution in [2.75, 3.05) is 31.7 Å². The van der Waals surface area contributed by atoms with Crippen LogP contribution >= 0.6 is 11.3 Å². The molecule has 0 atom stereocenters. The van der Waals surface area contributed by atoms with Gasteiger partial charge in [-0.3, -0.25) is 4.79 Å². The van der Waals surface area contributed by atoms with Gasteiger partial charge in [0, 0.05) is 20.6 Å². The molecule has 0 aromatic carbocycles. The monoisotopic (exact) mass is 264 g/mol. The summed E-state index contributed by atoms with van der Waals surface area (Å²) in [6.45, 7) is 6.19. The zero-order chi connectivity index (χ0) is 13.9. The molecule has 5 nitrogen and oxygen atoms in total. The van der Waals surface area contributed by atoms with Crippen LogP contribution in [0.5, 0.6) is 0 Å². The van der Waals surface area contributed by atoms with Gasteiger partial charge in [0.05, 0.1) is 5.69 Å². The molecule has 1 aromatic rings. The first kappa shape index (κ1) is 14.1. The van der Waals surface area contributed by atoms with E-state index in [1.165, 1.54) is 16.2 Å². The number of rotatable bonds is 4. The van der Waals surface area contributed by atoms with Gasteiger partial charge in [0.2, 0.25) is 0 Å². The molecule has 1 amide bonds. The number of nitrogen functional groups attached to an aromatic ring is 1. The molecule has 1 rings (SSSR count). The summed E-state index contributed by atoms with van der Waals surface area (Å²) in [5, 5.41) is 12.8. The van der Waals surface area contributed by atoms with Crippen molar-refractivity contribution < 1.29 is 4.79 Å². The van der Waals surface area contributed by atoms with E-state index in [-0.39, 0.29) is 11.6 Å². The fourth-order valence-corrected chi connectivity index (χ4v) is 2.36. The molecule has 1 aromatic heterocycles. The van der Waals surface area contributed by atoms with Gasteiger partial charge in [-0.15, -0.1) is 11.3 Å². The maximum Gasteiger partial charge on any atom is 0.265 e. The number of carbonyl (C=O) groups is 1. The van der Waals surface area contributed by atoms with Gasteiger partial charge >= 0.3 is 0 Å². The minimum absolute atomic E-state index is 0.197. The highest BCUT2D eigenvalue weighted by Gasteiger charge is 2.21. The predicted molar refractivity (Wildman–Crippen MR) is 74.8 cm³/mol. The van der Waals surface area contributed by atoms with E-state index in [9.17, 15) is 4.79 Å². The van der Waals surface area contributed by atoms with Crippen LogP contribution in [0.3, 0.4) is 0 Å². The number of hydrogen-bond acceptors (Lipinski definition) is 5. The third-order valence-corrected chi connectivity index (χ3v) is 3.36. The molecule has 6 heteroatoms. The number of thiophene rings is 1. The van der Waals surface area contributed by atoms with Crippen LogP contribution in [0.1, 0.15) is 22.2 Å². The molecule has 0 radical (unpaired) electrons. The van der Waals surface area contributed by atoms with Crippen molar-refractivity contribution in [3.8, 4) is 6.07 Å². The molecule has 18 heavy (non-hydrogen) atoms. The molecule has 0 unspecified atom stereocenters. The van der Waals surface area contributed by atoms with Gasteiger partial charge in [-0.2, -0.15) is 5.26 Å². The molecule has 3 N–H and O–H groups in total. The Kier molecular flexibility index (Phi) is 4.34. The lowest BCUT2D eigenvalue weighted by Crippen LogP contribution is -2.21. The first-order valence-electron chi connectivity index (χ1n) is 5.30. The van der Waals surface area contributed by atoms with Crippen LogP contribution in [0.2, 0.25) is 0 Å². The first-order valence-corrected chi connectivity index (χ1v) is 6.12. The van der Waals surface area contributed by atoms with Crippen LogP contribution in [0.25, 0.3) is 0 Å². The van der Waals surface area contributed by atoms with E-state index in [1.54, 1.807) is 14.1 Å². The molecule has 0 spiro atoms. The molecule has 0 aliphatic rings. The van der Waals surface area contributed by atoms with Gasteiger partial charge in [-0.05, 0) is 6.92 Å². The summed E-state index contributed by atoms with van der Waals surface area (Å²) < 4.78 is 0. The van der Waals surface area contributed by atoms with E-state index in [4.69, 9.17) is 11.0 Å². The first-order chi connectivity index (χ1) is 8.38. The van der Waals surface area contributed by atoms with Crippen molar-refractivity contribution in [1.29, 1.82) is 5.26 Å². The maximum atomic E-state index is 11.9. The van der Waals surface area contributed by atoms with Crippen molar-refractivity contribution >= 4 is 27.9 Å². The third-order valence-electron chi connectivity index (χ3n) is 2.21. The zero-order valence-corrected chi connectivity index (χ0v) is 11.5. The lowest BCUT2D eigenvalue weighted by atomic mass is 10.2. The van der Waals surface area contributed by atoms with E-state index >= 15 is 0 Å². The van der Waals surface area contributed by atoms with E-state index in [2.05, 4.69) is 11.9 Å². The molecule has 0 fully saturated rings. The summed E-state index contributed by atoms with van der Waals surface area (Å²) in [4.78, 5) is 13.7. The van der Waals surface area contributed by atoms with Crippen molar-refractivity contribution in [2.24, 2.45) is 0 Å². The van der Waals surface area contributed by atoms with Crippen LogP contribution in [-0.2, 0) is 0 Å². The van der Waals surface area contributed by atoms with E-state index in [0.717, 1.165) is 5.57 Å². The number of nitrogens with zero attached hydrogens (tertiary/aromatic N) is 2. The number of nitriles is 1. The average molecular weight is 264 g/mol. The second-order valence-electron chi connectivity index (χ2n) is 4.17. The van der Waals surface area contributed by atoms with Crippen molar-refractivity contribution in [1.82, 2.24) is 4.90 Å². The summed E-state index contributed by atoms with van der Waals surface area (Å²) in [6, 6.07) is 2.02. The van der Waals surface area contributed by atoms with E-state index < -0.39 is 0 Å². The normalized spacial score (nSPS) is 9.67. The second-order valence-corrected chi connectivity index (χ2v) is 5.19. The number of amides is 1. The second kappa shape index (κ2) is 5.56. The molecule has 0 saturated heterocycles. The zero-order valence-electron chi connectivity index (χ0n) is 10.7. The van der Waals surface area contributed by atoms with E-state index in [0.29, 0.717) is 22.0 Å². The molecule has 0 aliphatic carbocycles. The summed E-state index contributed by atoms with van der Waals surface area (Å²) >= 11 is 1.20. The standard InChI is InChI=1S/C12H16N4OS/c1-7(2)6-15-11-8(5-13)9(14)10(18-11)12(17)16(3)4/h15H,1,6,14H2,2-4H3. The van der Waals surface area contributed by atoms with Gasteiger partial charge < -0.3 is 16.0 Å². The van der Waals surface area contributed by atoms with Gasteiger partial charge in [0.25, 0.3) is 5.91 Å². The highest BCUT2D eigenvalue weighted by Crippen LogP contribution is 2.35. The highest BCUT2D eigenvalue weighted by atomic mass is 32.1. The van der Waals surface area contributed by atoms with Crippen LogP contribution in [0.15, 0.2) is 12.2 Å². The number of anilines is 2. The quantitative estimate of drug-likeness (QED) is 0.814.